The van der Waals surface area contributed by atoms with Crippen LogP contribution in [0.4, 0.5) is 5.69 Å². The first-order valence-corrected chi connectivity index (χ1v) is 15.0. The summed E-state index contributed by atoms with van der Waals surface area (Å²) >= 11 is 0. The van der Waals surface area contributed by atoms with Gasteiger partial charge in [0.25, 0.3) is 5.91 Å². The summed E-state index contributed by atoms with van der Waals surface area (Å²) in [5.41, 5.74) is 6.08. The van der Waals surface area contributed by atoms with E-state index in [9.17, 15) is 9.59 Å². The normalized spacial score (nSPS) is 25.7. The molecule has 0 spiro atoms. The Morgan fingerprint density at radius 2 is 1.69 bits per heavy atom. The molecular formula is C31H42N6O2. The minimum atomic E-state index is -0.0772. The van der Waals surface area contributed by atoms with E-state index in [0.717, 1.165) is 55.1 Å². The zero-order chi connectivity index (χ0) is 26.9. The lowest BCUT2D eigenvalue weighted by Gasteiger charge is -2.40. The van der Waals surface area contributed by atoms with Crippen molar-refractivity contribution in [1.29, 1.82) is 0 Å². The molecule has 2 N–H and O–H groups in total. The molecule has 8 heteroatoms. The number of rotatable bonds is 6. The van der Waals surface area contributed by atoms with Gasteiger partial charge in [-0.15, -0.1) is 0 Å². The molecule has 0 radical (unpaired) electrons. The monoisotopic (exact) mass is 530 g/mol. The predicted molar refractivity (Wildman–Crippen MR) is 153 cm³/mol. The van der Waals surface area contributed by atoms with E-state index in [0.29, 0.717) is 11.8 Å². The van der Waals surface area contributed by atoms with Crippen LogP contribution in [0.1, 0.15) is 89.2 Å². The molecule has 39 heavy (non-hydrogen) atoms. The molecule has 0 aromatic heterocycles. The smallest absolute Gasteiger partial charge is 0.272 e. The van der Waals surface area contributed by atoms with Crippen LogP contribution in [0.15, 0.2) is 53.1 Å². The summed E-state index contributed by atoms with van der Waals surface area (Å²) in [5, 5.41) is 5.08. The fraction of sp³-hybridized carbons (Fsp3) is 0.581. The molecule has 2 amide bonds. The van der Waals surface area contributed by atoms with Crippen molar-refractivity contribution in [2.75, 3.05) is 18.9 Å². The second-order valence-corrected chi connectivity index (χ2v) is 12.0. The molecule has 6 rings (SSSR count). The topological polar surface area (TPSA) is 80.3 Å². The molecule has 0 bridgehead atoms. The van der Waals surface area contributed by atoms with Gasteiger partial charge < -0.3 is 15.1 Å². The van der Waals surface area contributed by atoms with Gasteiger partial charge in [-0.1, -0.05) is 44.2 Å². The first-order valence-electron chi connectivity index (χ1n) is 15.0. The molecule has 3 fully saturated rings. The lowest BCUT2D eigenvalue weighted by molar-refractivity contribution is -0.125. The Labute approximate surface area is 232 Å². The van der Waals surface area contributed by atoms with Crippen LogP contribution in [0.3, 0.4) is 0 Å². The van der Waals surface area contributed by atoms with E-state index in [1.54, 1.807) is 0 Å². The fourth-order valence-electron chi connectivity index (χ4n) is 6.36. The maximum Gasteiger partial charge on any atom is 0.272 e. The quantitative estimate of drug-likeness (QED) is 0.536. The standard InChI is InChI=1S/C31H42N6O2/c1-21-9-5-4-8-18-36(21)31(39)27-20-29(35(2)25-10-6-3-7-11-25)37-28(33-27)19-26(34-37)22-14-16-24(17-15-22)32-30(38)23-12-13-23/h14-17,19-21,23,25-26,34H,3-13,18H2,1-2H3,(H,32,38)/t21?,26-/m1/s1. The zero-order valence-electron chi connectivity index (χ0n) is 23.4. The number of carbonyl (C=O) groups excluding carboxylic acids is 2. The minimum Gasteiger partial charge on any atom is -0.357 e. The van der Waals surface area contributed by atoms with Gasteiger partial charge in [-0.3, -0.25) is 9.59 Å². The van der Waals surface area contributed by atoms with Crippen LogP contribution >= 0.6 is 0 Å². The lowest BCUT2D eigenvalue weighted by Crippen LogP contribution is -2.47. The highest BCUT2D eigenvalue weighted by Crippen LogP contribution is 2.35. The van der Waals surface area contributed by atoms with Gasteiger partial charge in [0, 0.05) is 43.4 Å². The molecule has 8 nitrogen and oxygen atoms in total. The summed E-state index contributed by atoms with van der Waals surface area (Å²) < 4.78 is 0. The molecule has 1 saturated heterocycles. The first-order chi connectivity index (χ1) is 19.0. The van der Waals surface area contributed by atoms with Crippen molar-refractivity contribution in [2.45, 2.75) is 95.7 Å². The fourth-order valence-corrected chi connectivity index (χ4v) is 6.36. The number of nitrogens with zero attached hydrogens (tertiary/aromatic N) is 4. The van der Waals surface area contributed by atoms with Crippen molar-refractivity contribution in [2.24, 2.45) is 10.9 Å². The number of aliphatic imine (C=N–C) groups is 1. The van der Waals surface area contributed by atoms with E-state index in [4.69, 9.17) is 4.99 Å². The Morgan fingerprint density at radius 3 is 2.44 bits per heavy atom. The summed E-state index contributed by atoms with van der Waals surface area (Å²) in [6, 6.07) is 8.65. The Balaban J connectivity index is 1.26. The van der Waals surface area contributed by atoms with E-state index in [1.165, 1.54) is 44.9 Å². The molecule has 2 aliphatic carbocycles. The van der Waals surface area contributed by atoms with E-state index in [-0.39, 0.29) is 29.8 Å². The van der Waals surface area contributed by atoms with Crippen molar-refractivity contribution >= 4 is 23.2 Å². The summed E-state index contributed by atoms with van der Waals surface area (Å²) in [6.07, 6.45) is 16.7. The Hall–Kier alpha value is -3.13. The number of fused-ring (bicyclic) bond motifs is 1. The van der Waals surface area contributed by atoms with E-state index in [2.05, 4.69) is 52.8 Å². The third kappa shape index (κ3) is 5.62. The first kappa shape index (κ1) is 26.1. The van der Waals surface area contributed by atoms with Gasteiger partial charge in [-0.2, -0.15) is 0 Å². The number of hydrogen-bond donors (Lipinski definition) is 2. The number of nitrogens with one attached hydrogen (secondary N) is 2. The maximum atomic E-state index is 13.8. The van der Waals surface area contributed by atoms with Gasteiger partial charge in [0.15, 0.2) is 0 Å². The van der Waals surface area contributed by atoms with E-state index in [1.807, 2.05) is 23.1 Å². The number of anilines is 1. The zero-order valence-corrected chi connectivity index (χ0v) is 23.4. The molecule has 3 aliphatic heterocycles. The highest BCUT2D eigenvalue weighted by atomic mass is 16.2. The van der Waals surface area contributed by atoms with Crippen LogP contribution in [0.25, 0.3) is 0 Å². The largest absolute Gasteiger partial charge is 0.357 e. The lowest BCUT2D eigenvalue weighted by atomic mass is 9.94. The molecule has 2 atom stereocenters. The van der Waals surface area contributed by atoms with Crippen molar-refractivity contribution in [1.82, 2.24) is 20.2 Å². The van der Waals surface area contributed by atoms with Crippen LogP contribution in [0.5, 0.6) is 0 Å². The number of amides is 2. The Bertz CT molecular complexity index is 1180. The SMILES string of the molecule is CC1CCCCCN1C(=O)C1=NC2=C[C@H](c3ccc(NC(=O)C4CC4)cc3)NN2C(N(C)C2CCCCC2)=C1. The van der Waals surface area contributed by atoms with Crippen LogP contribution in [0.2, 0.25) is 0 Å². The highest BCUT2D eigenvalue weighted by molar-refractivity contribution is 6.43. The average Bonchev–Trinajstić information content (AvgIpc) is 3.76. The predicted octanol–water partition coefficient (Wildman–Crippen LogP) is 5.09. The van der Waals surface area contributed by atoms with Gasteiger partial charge in [0.05, 0.1) is 6.04 Å². The number of carbonyl (C=O) groups is 2. The molecule has 208 valence electrons. The van der Waals surface area contributed by atoms with Gasteiger partial charge in [0.1, 0.15) is 17.4 Å². The molecule has 2 saturated carbocycles. The van der Waals surface area contributed by atoms with Gasteiger partial charge >= 0.3 is 0 Å². The van der Waals surface area contributed by atoms with Crippen LogP contribution < -0.4 is 10.7 Å². The van der Waals surface area contributed by atoms with E-state index < -0.39 is 0 Å². The molecule has 1 aromatic rings. The summed E-state index contributed by atoms with van der Waals surface area (Å²) in [5.74, 6) is 2.10. The van der Waals surface area contributed by atoms with Crippen LogP contribution in [-0.2, 0) is 9.59 Å². The second kappa shape index (κ2) is 11.2. The molecule has 5 aliphatic rings. The molecule has 1 unspecified atom stereocenters. The maximum absolute atomic E-state index is 13.8. The number of hydrazine groups is 1. The molecular weight excluding hydrogens is 488 g/mol. The molecule has 3 heterocycles. The summed E-state index contributed by atoms with van der Waals surface area (Å²) in [6.45, 7) is 2.97. The number of hydrogen-bond acceptors (Lipinski definition) is 6. The van der Waals surface area contributed by atoms with Crippen molar-refractivity contribution in [3.63, 3.8) is 0 Å². The Kier molecular flexibility index (Phi) is 7.47. The van der Waals surface area contributed by atoms with Crippen molar-refractivity contribution < 1.29 is 9.59 Å². The van der Waals surface area contributed by atoms with E-state index >= 15 is 0 Å². The summed E-state index contributed by atoms with van der Waals surface area (Å²) in [7, 11) is 2.16. The van der Waals surface area contributed by atoms with Gasteiger partial charge in [-0.05, 0) is 69.2 Å². The third-order valence-electron chi connectivity index (χ3n) is 9.05. The van der Waals surface area contributed by atoms with Gasteiger partial charge in [-0.25, -0.2) is 15.4 Å². The van der Waals surface area contributed by atoms with Crippen LogP contribution in [-0.4, -0.2) is 58.0 Å². The average molecular weight is 531 g/mol. The highest BCUT2D eigenvalue weighted by Gasteiger charge is 2.36. The minimum absolute atomic E-state index is 0.0405. The molecule has 1 aromatic carbocycles. The van der Waals surface area contributed by atoms with Crippen molar-refractivity contribution in [3.8, 4) is 0 Å². The van der Waals surface area contributed by atoms with Gasteiger partial charge in [0.2, 0.25) is 5.91 Å². The second-order valence-electron chi connectivity index (χ2n) is 12.0. The summed E-state index contributed by atoms with van der Waals surface area (Å²) in [4.78, 5) is 35.3. The Morgan fingerprint density at radius 1 is 0.974 bits per heavy atom. The number of likely N-dealkylation sites (tertiary alicyclic amines) is 1. The number of benzene rings is 1. The third-order valence-corrected chi connectivity index (χ3v) is 9.05. The van der Waals surface area contributed by atoms with Crippen molar-refractivity contribution in [3.05, 3.63) is 53.6 Å². The van der Waals surface area contributed by atoms with Crippen LogP contribution in [0, 0.1) is 5.92 Å².